The van der Waals surface area contributed by atoms with Gasteiger partial charge < -0.3 is 80.9 Å². The second-order valence-electron chi connectivity index (χ2n) is 17.8. The maximum atomic E-state index is 12.6. The standard InChI is InChI=1S/C47H75NO17/c1-27-17-15-13-11-9-7-5-6-8-10-12-14-16-18-34(64-46-44(58)41(48)43(57)30(4)63-46)24-38-40(45(59)60)37(54)26-47(61,65-38)25-36(53)35(52)20-19-31(49)21-32(50)22-33(51)23-39(55)62-29(3)28(2)42(27)56/h5-6,8,10-18,27-38,40-44,46,49-54,56-58,61H,7,9,19-26,48H2,1-4H3,(H,59,60)/b6-5+,10-8+,13-11-,14-12+,17-15+,18-16+. The first-order valence-electron chi connectivity index (χ1n) is 22.6. The molecule has 3 rings (SSSR count). The number of nitrogens with two attached hydrogens (primary N) is 1. The molecule has 2 bridgehead atoms. The van der Waals surface area contributed by atoms with Crippen molar-refractivity contribution in [3.8, 4) is 0 Å². The van der Waals surface area contributed by atoms with Gasteiger partial charge in [0.25, 0.3) is 0 Å². The Morgan fingerprint density at radius 1 is 0.692 bits per heavy atom. The number of aliphatic carboxylic acids is 1. The van der Waals surface area contributed by atoms with Crippen LogP contribution in [0.4, 0.5) is 0 Å². The Balaban J connectivity index is 1.84. The Hall–Kier alpha value is -3.18. The third-order valence-electron chi connectivity index (χ3n) is 12.2. The first-order chi connectivity index (χ1) is 30.6. The van der Waals surface area contributed by atoms with Crippen LogP contribution in [0.5, 0.6) is 0 Å². The van der Waals surface area contributed by atoms with Crippen molar-refractivity contribution >= 4 is 11.9 Å². The molecule has 0 aliphatic carbocycles. The Morgan fingerprint density at radius 2 is 1.28 bits per heavy atom. The second-order valence-corrected chi connectivity index (χ2v) is 17.8. The van der Waals surface area contributed by atoms with Crippen LogP contribution in [0.15, 0.2) is 72.9 Å². The minimum Gasteiger partial charge on any atom is -0.481 e. The van der Waals surface area contributed by atoms with Crippen molar-refractivity contribution in [3.05, 3.63) is 72.9 Å². The van der Waals surface area contributed by atoms with Crippen LogP contribution in [-0.4, -0.2) is 166 Å². The number of fused-ring (bicyclic) bond motifs is 2. The van der Waals surface area contributed by atoms with Gasteiger partial charge in [0.15, 0.2) is 12.1 Å². The molecule has 0 aromatic heterocycles. The molecular formula is C47H75NO17. The summed E-state index contributed by atoms with van der Waals surface area (Å²) in [4.78, 5) is 25.1. The lowest BCUT2D eigenvalue weighted by Gasteiger charge is -2.45. The molecule has 0 radical (unpaired) electrons. The quantitative estimate of drug-likeness (QED) is 0.175. The Kier molecular flexibility index (Phi) is 23.8. The molecule has 0 aromatic rings. The molecule has 2 saturated heterocycles. The molecule has 13 N–H and O–H groups in total. The molecule has 0 saturated carbocycles. The van der Waals surface area contributed by atoms with E-state index in [4.69, 9.17) is 24.7 Å². The molecule has 18 nitrogen and oxygen atoms in total. The molecule has 3 aliphatic heterocycles. The molecule has 2 fully saturated rings. The third-order valence-corrected chi connectivity index (χ3v) is 12.2. The van der Waals surface area contributed by atoms with Gasteiger partial charge >= 0.3 is 11.9 Å². The lowest BCUT2D eigenvalue weighted by molar-refractivity contribution is -0.310. The van der Waals surface area contributed by atoms with Gasteiger partial charge in [-0.2, -0.15) is 0 Å². The number of aliphatic hydroxyl groups is 10. The van der Waals surface area contributed by atoms with E-state index in [1.54, 1.807) is 38.2 Å². The fraction of sp³-hybridized carbons (Fsp3) is 0.702. The number of cyclic esters (lactones) is 1. The van der Waals surface area contributed by atoms with Crippen LogP contribution in [-0.2, 0) is 28.5 Å². The number of ether oxygens (including phenoxy) is 4. The van der Waals surface area contributed by atoms with E-state index in [-0.39, 0.29) is 38.0 Å². The number of hydrogen-bond acceptors (Lipinski definition) is 17. The first kappa shape index (κ1) is 56.1. The van der Waals surface area contributed by atoms with Crippen LogP contribution in [0.25, 0.3) is 0 Å². The van der Waals surface area contributed by atoms with E-state index in [1.807, 2.05) is 49.5 Å². The summed E-state index contributed by atoms with van der Waals surface area (Å²) in [6, 6.07) is -1.14. The smallest absolute Gasteiger partial charge is 0.311 e. The molecule has 18 heteroatoms. The molecule has 0 aromatic carbocycles. The van der Waals surface area contributed by atoms with Crippen molar-refractivity contribution in [3.63, 3.8) is 0 Å². The highest BCUT2D eigenvalue weighted by atomic mass is 16.7. The van der Waals surface area contributed by atoms with Crippen molar-refractivity contribution in [1.29, 1.82) is 0 Å². The molecule has 19 unspecified atom stereocenters. The predicted molar refractivity (Wildman–Crippen MR) is 237 cm³/mol. The number of carbonyl (C=O) groups excluding carboxylic acids is 1. The summed E-state index contributed by atoms with van der Waals surface area (Å²) in [5.41, 5.74) is 6.02. The third kappa shape index (κ3) is 18.8. The van der Waals surface area contributed by atoms with Crippen LogP contribution < -0.4 is 5.73 Å². The van der Waals surface area contributed by atoms with Crippen molar-refractivity contribution < 1.29 is 84.7 Å². The van der Waals surface area contributed by atoms with Gasteiger partial charge in [0.1, 0.15) is 18.1 Å². The maximum absolute atomic E-state index is 12.6. The highest BCUT2D eigenvalue weighted by molar-refractivity contribution is 5.71. The molecule has 3 heterocycles. The molecule has 65 heavy (non-hydrogen) atoms. The highest BCUT2D eigenvalue weighted by Crippen LogP contribution is 2.38. The lowest BCUT2D eigenvalue weighted by Crippen LogP contribution is -2.61. The van der Waals surface area contributed by atoms with Gasteiger partial charge in [-0.25, -0.2) is 0 Å². The highest BCUT2D eigenvalue weighted by Gasteiger charge is 2.51. The van der Waals surface area contributed by atoms with Crippen LogP contribution >= 0.6 is 0 Å². The minimum atomic E-state index is -2.35. The minimum absolute atomic E-state index is 0.138. The van der Waals surface area contributed by atoms with E-state index >= 15 is 0 Å². The average molecular weight is 926 g/mol. The fourth-order valence-corrected chi connectivity index (χ4v) is 8.11. The molecule has 0 amide bonds. The van der Waals surface area contributed by atoms with Crippen LogP contribution in [0.1, 0.15) is 91.9 Å². The van der Waals surface area contributed by atoms with Crippen molar-refractivity contribution in [2.24, 2.45) is 23.5 Å². The van der Waals surface area contributed by atoms with Crippen molar-refractivity contribution in [2.45, 2.75) is 189 Å². The summed E-state index contributed by atoms with van der Waals surface area (Å²) in [6.07, 6.45) is 2.28. The largest absolute Gasteiger partial charge is 0.481 e. The van der Waals surface area contributed by atoms with Gasteiger partial charge in [0.05, 0.1) is 79.6 Å². The number of hydrogen-bond donors (Lipinski definition) is 12. The summed E-state index contributed by atoms with van der Waals surface area (Å²) in [7, 11) is 0. The van der Waals surface area contributed by atoms with Gasteiger partial charge in [0.2, 0.25) is 0 Å². The van der Waals surface area contributed by atoms with Gasteiger partial charge in [-0.15, -0.1) is 0 Å². The van der Waals surface area contributed by atoms with E-state index < -0.39 is 141 Å². The molecule has 3 aliphatic rings. The topological polar surface area (TPSA) is 320 Å². The Morgan fingerprint density at radius 3 is 1.94 bits per heavy atom. The predicted octanol–water partition coefficient (Wildman–Crippen LogP) is 0.936. The fourth-order valence-electron chi connectivity index (χ4n) is 8.11. The summed E-state index contributed by atoms with van der Waals surface area (Å²) < 4.78 is 23.2. The van der Waals surface area contributed by atoms with E-state index in [0.717, 1.165) is 12.8 Å². The van der Waals surface area contributed by atoms with Crippen LogP contribution in [0.3, 0.4) is 0 Å². The maximum Gasteiger partial charge on any atom is 0.311 e. The number of allylic oxidation sites excluding steroid dienone is 10. The summed E-state index contributed by atoms with van der Waals surface area (Å²) >= 11 is 0. The zero-order valence-corrected chi connectivity index (χ0v) is 37.8. The van der Waals surface area contributed by atoms with E-state index in [2.05, 4.69) is 0 Å². The number of carbonyl (C=O) groups is 2. The summed E-state index contributed by atoms with van der Waals surface area (Å²) in [5, 5.41) is 118. The molecule has 0 spiro atoms. The van der Waals surface area contributed by atoms with Gasteiger partial charge in [-0.3, -0.25) is 9.59 Å². The monoisotopic (exact) mass is 926 g/mol. The number of esters is 1. The van der Waals surface area contributed by atoms with Crippen LogP contribution in [0.2, 0.25) is 0 Å². The average Bonchev–Trinajstić information content (AvgIpc) is 3.21. The van der Waals surface area contributed by atoms with Gasteiger partial charge in [-0.1, -0.05) is 86.8 Å². The first-order valence-corrected chi connectivity index (χ1v) is 22.6. The number of rotatable bonds is 3. The van der Waals surface area contributed by atoms with Crippen LogP contribution in [0, 0.1) is 17.8 Å². The molecule has 19 atom stereocenters. The molecular weight excluding hydrogens is 851 g/mol. The lowest BCUT2D eigenvalue weighted by atomic mass is 9.82. The number of carboxylic acid groups (broad SMARTS) is 1. The van der Waals surface area contributed by atoms with Crippen molar-refractivity contribution in [1.82, 2.24) is 0 Å². The normalized spacial score (nSPS) is 45.2. The number of carboxylic acids is 1. The van der Waals surface area contributed by atoms with Gasteiger partial charge in [0, 0.05) is 31.1 Å². The van der Waals surface area contributed by atoms with Gasteiger partial charge in [-0.05, 0) is 52.4 Å². The van der Waals surface area contributed by atoms with E-state index in [1.165, 1.54) is 13.0 Å². The second kappa shape index (κ2) is 27.6. The SMILES string of the molecule is CC1/C=C/C=C\CC/C=C/C=C/C=C/C=C/C(OC2OC(C)C(O)C(N)C2O)CC2OC(O)(CC(O)C(O)CCC(O)CC(O)CC(O)CC(=O)OC(C)C(C)C1O)CC(O)C2C(=O)O. The Bertz CT molecular complexity index is 1620. The zero-order chi connectivity index (χ0) is 48.4. The Labute approximate surface area is 381 Å². The van der Waals surface area contributed by atoms with E-state index in [9.17, 15) is 65.8 Å². The summed E-state index contributed by atoms with van der Waals surface area (Å²) in [6.45, 7) is 6.78. The summed E-state index contributed by atoms with van der Waals surface area (Å²) in [5.74, 6) is -6.82. The number of aliphatic hydroxyl groups excluding tert-OH is 9. The molecule has 370 valence electrons. The zero-order valence-electron chi connectivity index (χ0n) is 37.8. The van der Waals surface area contributed by atoms with E-state index in [0.29, 0.717) is 0 Å². The van der Waals surface area contributed by atoms with Crippen molar-refractivity contribution in [2.75, 3.05) is 0 Å².